The van der Waals surface area contributed by atoms with E-state index in [4.69, 9.17) is 11.5 Å². The van der Waals surface area contributed by atoms with Crippen LogP contribution in [-0.4, -0.2) is 46.4 Å². The van der Waals surface area contributed by atoms with Crippen molar-refractivity contribution in [3.05, 3.63) is 0 Å². The number of rotatable bonds is 12. The molecule has 0 atom stereocenters. The van der Waals surface area contributed by atoms with Crippen molar-refractivity contribution in [1.82, 2.24) is 15.0 Å². The SMILES string of the molecule is CCNc1nc(NCCCC(N)=O)nc(NCCCC(N)=O)n1. The molecule has 2 amide bonds. The van der Waals surface area contributed by atoms with E-state index in [1.54, 1.807) is 0 Å². The molecule has 0 bridgehead atoms. The standard InChI is InChI=1S/C13H24N8O2/c1-2-16-11-19-12(17-7-3-5-9(14)22)21-13(20-11)18-8-4-6-10(15)23/h2-8H2,1H3,(H2,14,22)(H2,15,23)(H3,16,17,18,19,20,21). The summed E-state index contributed by atoms with van der Waals surface area (Å²) in [7, 11) is 0. The molecule has 1 rings (SSSR count). The van der Waals surface area contributed by atoms with Gasteiger partial charge >= 0.3 is 0 Å². The summed E-state index contributed by atoms with van der Waals surface area (Å²) in [6.07, 6.45) is 1.80. The molecule has 0 saturated heterocycles. The summed E-state index contributed by atoms with van der Waals surface area (Å²) in [6.45, 7) is 3.66. The van der Waals surface area contributed by atoms with Crippen LogP contribution >= 0.6 is 0 Å². The summed E-state index contributed by atoms with van der Waals surface area (Å²) in [5.74, 6) is 0.563. The van der Waals surface area contributed by atoms with Crippen LogP contribution < -0.4 is 27.4 Å². The predicted molar refractivity (Wildman–Crippen MR) is 87.8 cm³/mol. The third-order valence-electron chi connectivity index (χ3n) is 2.74. The van der Waals surface area contributed by atoms with Crippen molar-refractivity contribution in [1.29, 1.82) is 0 Å². The Hall–Kier alpha value is -2.65. The lowest BCUT2D eigenvalue weighted by atomic mass is 10.3. The van der Waals surface area contributed by atoms with Crippen LogP contribution in [0.1, 0.15) is 32.6 Å². The summed E-state index contributed by atoms with van der Waals surface area (Å²) in [6, 6.07) is 0. The molecule has 10 heteroatoms. The lowest BCUT2D eigenvalue weighted by Crippen LogP contribution is -2.16. The second-order valence-electron chi connectivity index (χ2n) is 4.83. The van der Waals surface area contributed by atoms with E-state index >= 15 is 0 Å². The topological polar surface area (TPSA) is 161 Å². The number of hydrogen-bond acceptors (Lipinski definition) is 8. The molecule has 0 aliphatic rings. The molecule has 0 saturated carbocycles. The molecule has 1 aromatic heterocycles. The number of nitrogens with zero attached hydrogens (tertiary/aromatic N) is 3. The average Bonchev–Trinajstić information content (AvgIpc) is 2.48. The van der Waals surface area contributed by atoms with E-state index in [1.165, 1.54) is 0 Å². The molecular formula is C13H24N8O2. The van der Waals surface area contributed by atoms with Crippen LogP contribution in [0.4, 0.5) is 17.8 Å². The first kappa shape index (κ1) is 18.4. The summed E-state index contributed by atoms with van der Waals surface area (Å²) in [5.41, 5.74) is 10.2. The molecule has 10 nitrogen and oxygen atoms in total. The van der Waals surface area contributed by atoms with Crippen LogP contribution in [0.5, 0.6) is 0 Å². The fourth-order valence-corrected chi connectivity index (χ4v) is 1.70. The smallest absolute Gasteiger partial charge is 0.229 e. The lowest BCUT2D eigenvalue weighted by Gasteiger charge is -2.10. The van der Waals surface area contributed by atoms with E-state index in [9.17, 15) is 9.59 Å². The Kier molecular flexibility index (Phi) is 8.11. The second kappa shape index (κ2) is 10.1. The van der Waals surface area contributed by atoms with Crippen molar-refractivity contribution in [2.24, 2.45) is 11.5 Å². The predicted octanol–water partition coefficient (Wildman–Crippen LogP) is -0.342. The molecule has 0 fully saturated rings. The highest BCUT2D eigenvalue weighted by molar-refractivity contribution is 5.74. The number of anilines is 3. The molecular weight excluding hydrogens is 300 g/mol. The van der Waals surface area contributed by atoms with Crippen molar-refractivity contribution in [2.45, 2.75) is 32.6 Å². The number of nitrogens with one attached hydrogen (secondary N) is 3. The Morgan fingerprint density at radius 2 is 1.22 bits per heavy atom. The van der Waals surface area contributed by atoms with Gasteiger partial charge in [-0.05, 0) is 19.8 Å². The molecule has 128 valence electrons. The third kappa shape index (κ3) is 8.39. The molecule has 0 radical (unpaired) electrons. The Morgan fingerprint density at radius 1 is 0.826 bits per heavy atom. The van der Waals surface area contributed by atoms with Crippen molar-refractivity contribution < 1.29 is 9.59 Å². The fourth-order valence-electron chi connectivity index (χ4n) is 1.70. The minimum atomic E-state index is -0.340. The largest absolute Gasteiger partial charge is 0.370 e. The van der Waals surface area contributed by atoms with Gasteiger partial charge in [-0.2, -0.15) is 15.0 Å². The van der Waals surface area contributed by atoms with E-state index < -0.39 is 0 Å². The van der Waals surface area contributed by atoms with Crippen LogP contribution in [0.3, 0.4) is 0 Å². The summed E-state index contributed by atoms with van der Waals surface area (Å²) in [5, 5.41) is 9.06. The van der Waals surface area contributed by atoms with Gasteiger partial charge in [0.05, 0.1) is 0 Å². The lowest BCUT2D eigenvalue weighted by molar-refractivity contribution is -0.118. The maximum atomic E-state index is 10.7. The summed E-state index contributed by atoms with van der Waals surface area (Å²) in [4.78, 5) is 34.1. The van der Waals surface area contributed by atoms with E-state index in [0.717, 1.165) is 0 Å². The first-order chi connectivity index (χ1) is 11.0. The number of hydrogen-bond donors (Lipinski definition) is 5. The molecule has 0 aliphatic carbocycles. The minimum absolute atomic E-state index is 0.302. The summed E-state index contributed by atoms with van der Waals surface area (Å²) < 4.78 is 0. The fraction of sp³-hybridized carbons (Fsp3) is 0.615. The number of primary amides is 2. The number of aromatic nitrogens is 3. The number of carbonyl (C=O) groups is 2. The minimum Gasteiger partial charge on any atom is -0.370 e. The van der Waals surface area contributed by atoms with Crippen LogP contribution in [-0.2, 0) is 9.59 Å². The third-order valence-corrected chi connectivity index (χ3v) is 2.74. The molecule has 7 N–H and O–H groups in total. The zero-order valence-electron chi connectivity index (χ0n) is 13.3. The first-order valence-electron chi connectivity index (χ1n) is 7.55. The van der Waals surface area contributed by atoms with Gasteiger partial charge in [-0.3, -0.25) is 9.59 Å². The monoisotopic (exact) mass is 324 g/mol. The van der Waals surface area contributed by atoms with Crippen molar-refractivity contribution in [2.75, 3.05) is 35.6 Å². The summed E-state index contributed by atoms with van der Waals surface area (Å²) >= 11 is 0. The quantitative estimate of drug-likeness (QED) is 0.326. The van der Waals surface area contributed by atoms with Crippen LogP contribution in [0.25, 0.3) is 0 Å². The molecule has 0 aliphatic heterocycles. The van der Waals surface area contributed by atoms with Gasteiger partial charge < -0.3 is 27.4 Å². The maximum Gasteiger partial charge on any atom is 0.229 e. The van der Waals surface area contributed by atoms with Gasteiger partial charge in [-0.25, -0.2) is 0 Å². The second-order valence-corrected chi connectivity index (χ2v) is 4.83. The average molecular weight is 324 g/mol. The van der Waals surface area contributed by atoms with Gasteiger partial charge in [-0.1, -0.05) is 0 Å². The van der Waals surface area contributed by atoms with Crippen LogP contribution in [0.15, 0.2) is 0 Å². The van der Waals surface area contributed by atoms with Gasteiger partial charge in [0.25, 0.3) is 0 Å². The van der Waals surface area contributed by atoms with Gasteiger partial charge in [0.2, 0.25) is 29.7 Å². The normalized spacial score (nSPS) is 10.1. The molecule has 23 heavy (non-hydrogen) atoms. The molecule has 1 aromatic rings. The Labute approximate surface area is 134 Å². The van der Waals surface area contributed by atoms with E-state index in [2.05, 4.69) is 30.9 Å². The first-order valence-corrected chi connectivity index (χ1v) is 7.55. The number of amides is 2. The van der Waals surface area contributed by atoms with Crippen LogP contribution in [0.2, 0.25) is 0 Å². The molecule has 1 heterocycles. The van der Waals surface area contributed by atoms with Gasteiger partial charge in [0.1, 0.15) is 0 Å². The van der Waals surface area contributed by atoms with Gasteiger partial charge in [0, 0.05) is 32.5 Å². The highest BCUT2D eigenvalue weighted by Crippen LogP contribution is 2.09. The van der Waals surface area contributed by atoms with Gasteiger partial charge in [-0.15, -0.1) is 0 Å². The van der Waals surface area contributed by atoms with Gasteiger partial charge in [0.15, 0.2) is 0 Å². The molecule has 0 unspecified atom stereocenters. The van der Waals surface area contributed by atoms with Crippen molar-refractivity contribution >= 4 is 29.7 Å². The Morgan fingerprint density at radius 3 is 1.57 bits per heavy atom. The number of nitrogens with two attached hydrogens (primary N) is 2. The van der Waals surface area contributed by atoms with E-state index in [0.29, 0.717) is 63.2 Å². The zero-order valence-corrected chi connectivity index (χ0v) is 13.3. The van der Waals surface area contributed by atoms with Crippen molar-refractivity contribution in [3.63, 3.8) is 0 Å². The van der Waals surface area contributed by atoms with E-state index in [1.807, 2.05) is 6.92 Å². The molecule has 0 spiro atoms. The maximum absolute atomic E-state index is 10.7. The van der Waals surface area contributed by atoms with Crippen molar-refractivity contribution in [3.8, 4) is 0 Å². The number of carbonyl (C=O) groups excluding carboxylic acids is 2. The highest BCUT2D eigenvalue weighted by atomic mass is 16.1. The Bertz CT molecular complexity index is 482. The Balaban J connectivity index is 2.58. The highest BCUT2D eigenvalue weighted by Gasteiger charge is 2.06. The zero-order chi connectivity index (χ0) is 17.1. The molecule has 0 aromatic carbocycles. The van der Waals surface area contributed by atoms with E-state index in [-0.39, 0.29) is 11.8 Å². The van der Waals surface area contributed by atoms with Crippen LogP contribution in [0, 0.1) is 0 Å².